The lowest BCUT2D eigenvalue weighted by molar-refractivity contribution is -0.139. The van der Waals surface area contributed by atoms with Crippen LogP contribution in [0, 0.1) is 12.7 Å². The van der Waals surface area contributed by atoms with E-state index < -0.39 is 24.1 Å². The Bertz CT molecular complexity index is 1520. The fraction of sp³-hybridized carbons (Fsp3) is 0.208. The highest BCUT2D eigenvalue weighted by atomic mass is 35.5. The lowest BCUT2D eigenvalue weighted by atomic mass is 10.2. The van der Waals surface area contributed by atoms with Gasteiger partial charge in [0.05, 0.1) is 41.2 Å². The number of ether oxygens (including phenoxy) is 3. The van der Waals surface area contributed by atoms with Gasteiger partial charge in [0.1, 0.15) is 18.2 Å². The van der Waals surface area contributed by atoms with Gasteiger partial charge >= 0.3 is 11.7 Å². The maximum Gasteiger partial charge on any atom is 0.341 e. The number of aliphatic hydroxyl groups excluding tert-OH is 1. The van der Waals surface area contributed by atoms with Gasteiger partial charge in [0.2, 0.25) is 0 Å². The third-order valence-electron chi connectivity index (χ3n) is 5.33. The third-order valence-corrected chi connectivity index (χ3v) is 5.64. The number of rotatable bonds is 9. The summed E-state index contributed by atoms with van der Waals surface area (Å²) in [5.74, 6) is -1.59. The highest BCUT2D eigenvalue weighted by Gasteiger charge is 2.20. The Hall–Kier alpha value is -4.09. The molecule has 4 aromatic rings. The number of benzene rings is 2. The molecule has 3 N–H and O–H groups in total. The van der Waals surface area contributed by atoms with Crippen LogP contribution < -0.4 is 19.9 Å². The van der Waals surface area contributed by atoms with E-state index in [0.717, 1.165) is 0 Å². The number of imidazole rings is 1. The summed E-state index contributed by atoms with van der Waals surface area (Å²) >= 11 is 6.47. The van der Waals surface area contributed by atoms with E-state index in [4.69, 9.17) is 30.9 Å². The van der Waals surface area contributed by atoms with Crippen LogP contribution in [0.2, 0.25) is 5.02 Å². The predicted molar refractivity (Wildman–Crippen MR) is 128 cm³/mol. The lowest BCUT2D eigenvalue weighted by Crippen LogP contribution is -2.16. The number of nitrogens with one attached hydrogen (secondary N) is 1. The zero-order valence-electron chi connectivity index (χ0n) is 19.2. The number of H-pyrrole nitrogens is 1. The summed E-state index contributed by atoms with van der Waals surface area (Å²) in [5.41, 5.74) is 1.39. The van der Waals surface area contributed by atoms with Crippen molar-refractivity contribution >= 4 is 28.7 Å². The summed E-state index contributed by atoms with van der Waals surface area (Å²) < 4.78 is 32.0. The number of fused-ring (bicyclic) bond motifs is 1. The van der Waals surface area contributed by atoms with E-state index in [1.54, 1.807) is 19.1 Å². The molecule has 4 rings (SSSR count). The maximum atomic E-state index is 14.4. The van der Waals surface area contributed by atoms with E-state index in [1.807, 2.05) is 0 Å². The minimum atomic E-state index is -1.24. The second-order valence-electron chi connectivity index (χ2n) is 7.69. The Morgan fingerprint density at radius 3 is 2.64 bits per heavy atom. The molecule has 188 valence electrons. The first-order valence-electron chi connectivity index (χ1n) is 10.6. The standard InChI is InChI=1S/C24H21ClFN3O7/c1-12-6-13(9-30)27-23-22(12)28-24(33)29(23)17-8-20(19(7-15(17)25)36-11-21(31)32)35-10-14-16(26)4-3-5-18(14)34-2/h3-8,30H,9-11H2,1-2H3,(H,28,33)(H,31,32). The van der Waals surface area contributed by atoms with Gasteiger partial charge in [0.25, 0.3) is 0 Å². The zero-order valence-corrected chi connectivity index (χ0v) is 19.9. The summed E-state index contributed by atoms with van der Waals surface area (Å²) in [6.45, 7) is 0.423. The molecule has 12 heteroatoms. The van der Waals surface area contributed by atoms with E-state index in [0.29, 0.717) is 16.8 Å². The summed E-state index contributed by atoms with van der Waals surface area (Å²) in [7, 11) is 1.39. The van der Waals surface area contributed by atoms with Crippen LogP contribution in [0.5, 0.6) is 17.2 Å². The normalized spacial score (nSPS) is 11.0. The van der Waals surface area contributed by atoms with Crippen molar-refractivity contribution in [3.05, 3.63) is 74.5 Å². The van der Waals surface area contributed by atoms with Gasteiger partial charge in [-0.1, -0.05) is 17.7 Å². The summed E-state index contributed by atoms with van der Waals surface area (Å²) in [6.07, 6.45) is 0. The Morgan fingerprint density at radius 2 is 1.94 bits per heavy atom. The van der Waals surface area contributed by atoms with Crippen molar-refractivity contribution in [2.45, 2.75) is 20.1 Å². The van der Waals surface area contributed by atoms with Crippen LogP contribution in [-0.4, -0.2) is 44.4 Å². The van der Waals surface area contributed by atoms with Gasteiger partial charge in [-0.25, -0.2) is 23.5 Å². The second-order valence-corrected chi connectivity index (χ2v) is 8.10. The monoisotopic (exact) mass is 517 g/mol. The van der Waals surface area contributed by atoms with Crippen molar-refractivity contribution < 1.29 is 33.6 Å². The van der Waals surface area contributed by atoms with Gasteiger partial charge in [0.15, 0.2) is 23.8 Å². The number of carbonyl (C=O) groups is 1. The van der Waals surface area contributed by atoms with Gasteiger partial charge in [-0.2, -0.15) is 0 Å². The quantitative estimate of drug-likeness (QED) is 0.307. The van der Waals surface area contributed by atoms with Gasteiger partial charge in [-0.3, -0.25) is 0 Å². The number of nitrogens with zero attached hydrogens (tertiary/aromatic N) is 2. The molecule has 0 fully saturated rings. The number of halogens is 2. The molecule has 0 unspecified atom stereocenters. The molecule has 2 aromatic heterocycles. The number of carboxylic acid groups (broad SMARTS) is 1. The van der Waals surface area contributed by atoms with Crippen molar-refractivity contribution in [2.75, 3.05) is 13.7 Å². The average Bonchev–Trinajstić information content (AvgIpc) is 3.18. The first-order valence-corrected chi connectivity index (χ1v) is 11.0. The molecule has 0 radical (unpaired) electrons. The van der Waals surface area contributed by atoms with Crippen LogP contribution in [0.15, 0.2) is 41.2 Å². The van der Waals surface area contributed by atoms with E-state index in [-0.39, 0.29) is 52.4 Å². The van der Waals surface area contributed by atoms with Crippen molar-refractivity contribution in [3.63, 3.8) is 0 Å². The predicted octanol–water partition coefficient (Wildman–Crippen LogP) is 3.36. The van der Waals surface area contributed by atoms with Gasteiger partial charge < -0.3 is 29.4 Å². The molecule has 2 heterocycles. The number of hydrogen-bond donors (Lipinski definition) is 3. The van der Waals surface area contributed by atoms with Crippen molar-refractivity contribution in [1.82, 2.24) is 14.5 Å². The number of aromatic amines is 1. The van der Waals surface area contributed by atoms with Crippen molar-refractivity contribution in [3.8, 4) is 22.9 Å². The fourth-order valence-electron chi connectivity index (χ4n) is 3.68. The molecule has 0 aliphatic heterocycles. The molecule has 0 bridgehead atoms. The minimum Gasteiger partial charge on any atom is -0.496 e. The van der Waals surface area contributed by atoms with Crippen LogP contribution in [0.4, 0.5) is 4.39 Å². The van der Waals surface area contributed by atoms with Crippen LogP contribution in [0.25, 0.3) is 16.9 Å². The summed E-state index contributed by atoms with van der Waals surface area (Å²) in [5, 5.41) is 18.6. The molecular formula is C24H21ClFN3O7. The molecule has 0 spiro atoms. The molecule has 0 aliphatic rings. The van der Waals surface area contributed by atoms with Crippen LogP contribution >= 0.6 is 11.6 Å². The summed E-state index contributed by atoms with van der Waals surface area (Å²) in [4.78, 5) is 31.0. The first-order chi connectivity index (χ1) is 17.2. The number of hydrogen-bond acceptors (Lipinski definition) is 7. The number of aromatic nitrogens is 3. The number of carboxylic acids is 1. The minimum absolute atomic E-state index is 0.00255. The number of methoxy groups -OCH3 is 1. The van der Waals surface area contributed by atoms with Crippen molar-refractivity contribution in [2.24, 2.45) is 0 Å². The number of aryl methyl sites for hydroxylation is 1. The second kappa shape index (κ2) is 10.3. The molecule has 36 heavy (non-hydrogen) atoms. The van der Waals surface area contributed by atoms with Gasteiger partial charge in [-0.15, -0.1) is 0 Å². The number of aliphatic hydroxyl groups is 1. The highest BCUT2D eigenvalue weighted by molar-refractivity contribution is 6.32. The number of pyridine rings is 1. The van der Waals surface area contributed by atoms with Crippen molar-refractivity contribution in [1.29, 1.82) is 0 Å². The molecule has 0 atom stereocenters. The topological polar surface area (TPSA) is 136 Å². The fourth-order valence-corrected chi connectivity index (χ4v) is 3.92. The van der Waals surface area contributed by atoms with Crippen LogP contribution in [0.1, 0.15) is 16.8 Å². The van der Waals surface area contributed by atoms with E-state index in [1.165, 1.54) is 35.9 Å². The van der Waals surface area contributed by atoms with Gasteiger partial charge in [-0.05, 0) is 30.7 Å². The average molecular weight is 518 g/mol. The Morgan fingerprint density at radius 1 is 1.19 bits per heavy atom. The molecule has 0 aliphatic carbocycles. The SMILES string of the molecule is COc1cccc(F)c1COc1cc(-n2c(=O)[nH]c3c(C)cc(CO)nc32)c(Cl)cc1OCC(=O)O. The molecule has 0 amide bonds. The highest BCUT2D eigenvalue weighted by Crippen LogP contribution is 2.37. The molecule has 2 aromatic carbocycles. The van der Waals surface area contributed by atoms with Crippen LogP contribution in [-0.2, 0) is 18.0 Å². The first kappa shape index (κ1) is 25.0. The maximum absolute atomic E-state index is 14.4. The smallest absolute Gasteiger partial charge is 0.341 e. The Kier molecular flexibility index (Phi) is 7.13. The zero-order chi connectivity index (χ0) is 26.0. The molecule has 0 saturated carbocycles. The number of aliphatic carboxylic acids is 1. The van der Waals surface area contributed by atoms with E-state index in [9.17, 15) is 19.1 Å². The Labute approximate surface area is 208 Å². The van der Waals surface area contributed by atoms with Gasteiger partial charge in [0, 0.05) is 12.1 Å². The van der Waals surface area contributed by atoms with E-state index in [2.05, 4.69) is 9.97 Å². The van der Waals surface area contributed by atoms with E-state index >= 15 is 0 Å². The molecule has 10 nitrogen and oxygen atoms in total. The molecule has 0 saturated heterocycles. The summed E-state index contributed by atoms with van der Waals surface area (Å²) in [6, 6.07) is 8.59. The molecular weight excluding hydrogens is 497 g/mol. The Balaban J connectivity index is 1.84. The lowest BCUT2D eigenvalue weighted by Gasteiger charge is -2.16. The third kappa shape index (κ3) is 4.83. The van der Waals surface area contributed by atoms with Crippen LogP contribution in [0.3, 0.4) is 0 Å². The largest absolute Gasteiger partial charge is 0.496 e.